The number of fused-ring (bicyclic) bond motifs is 1. The highest BCUT2D eigenvalue weighted by atomic mass is 16.5. The quantitative estimate of drug-likeness (QED) is 0.430. The molecule has 36 heavy (non-hydrogen) atoms. The minimum absolute atomic E-state index is 0.441. The molecule has 2 aliphatic heterocycles. The average Bonchev–Trinajstić information content (AvgIpc) is 3.61. The van der Waals surface area contributed by atoms with Crippen molar-refractivity contribution in [2.24, 2.45) is 0 Å². The van der Waals surface area contributed by atoms with Crippen molar-refractivity contribution in [1.82, 2.24) is 24.8 Å². The van der Waals surface area contributed by atoms with Gasteiger partial charge in [-0.05, 0) is 57.3 Å². The van der Waals surface area contributed by atoms with Crippen molar-refractivity contribution in [3.05, 3.63) is 24.5 Å². The van der Waals surface area contributed by atoms with Crippen LogP contribution in [0.4, 0.5) is 23.1 Å². The second kappa shape index (κ2) is 10.5. The number of anilines is 4. The highest BCUT2D eigenvalue weighted by Gasteiger charge is 2.29. The molecule has 0 radical (unpaired) electrons. The van der Waals surface area contributed by atoms with Gasteiger partial charge in [-0.25, -0.2) is 4.98 Å². The summed E-state index contributed by atoms with van der Waals surface area (Å²) in [6, 6.07) is 7.50. The molecule has 0 amide bonds. The molecule has 1 aromatic carbocycles. The van der Waals surface area contributed by atoms with Crippen LogP contribution in [-0.2, 0) is 0 Å². The molecule has 0 bridgehead atoms. The van der Waals surface area contributed by atoms with Crippen LogP contribution >= 0.6 is 0 Å². The van der Waals surface area contributed by atoms with Gasteiger partial charge in [0.15, 0.2) is 11.5 Å². The summed E-state index contributed by atoms with van der Waals surface area (Å²) in [6.45, 7) is 4.68. The summed E-state index contributed by atoms with van der Waals surface area (Å²) < 4.78 is 5.79. The lowest BCUT2D eigenvalue weighted by Gasteiger charge is -2.32. The van der Waals surface area contributed by atoms with Crippen LogP contribution in [0.15, 0.2) is 24.5 Å². The Labute approximate surface area is 213 Å². The zero-order valence-electron chi connectivity index (χ0n) is 21.3. The van der Waals surface area contributed by atoms with Crippen LogP contribution in [-0.4, -0.2) is 70.2 Å². The molecule has 0 spiro atoms. The number of benzene rings is 1. The van der Waals surface area contributed by atoms with Crippen molar-refractivity contribution in [2.75, 3.05) is 48.8 Å². The first-order valence-electron chi connectivity index (χ1n) is 13.7. The Morgan fingerprint density at radius 2 is 1.81 bits per heavy atom. The summed E-state index contributed by atoms with van der Waals surface area (Å²) in [7, 11) is 1.72. The number of ether oxygens (including phenoxy) is 1. The highest BCUT2D eigenvalue weighted by Crippen LogP contribution is 2.34. The maximum Gasteiger partial charge on any atom is 0.231 e. The second-order valence-corrected chi connectivity index (χ2v) is 10.5. The largest absolute Gasteiger partial charge is 0.494 e. The average molecular weight is 491 g/mol. The fourth-order valence-electron chi connectivity index (χ4n) is 6.09. The first kappa shape index (κ1) is 23.3. The second-order valence-electron chi connectivity index (χ2n) is 10.5. The molecule has 3 fully saturated rings. The van der Waals surface area contributed by atoms with Crippen molar-refractivity contribution in [2.45, 2.75) is 69.9 Å². The van der Waals surface area contributed by atoms with Gasteiger partial charge in [-0.3, -0.25) is 4.90 Å². The van der Waals surface area contributed by atoms with Crippen LogP contribution in [0.3, 0.4) is 0 Å². The van der Waals surface area contributed by atoms with Crippen molar-refractivity contribution in [3.63, 3.8) is 0 Å². The third-order valence-electron chi connectivity index (χ3n) is 8.10. The Morgan fingerprint density at radius 3 is 2.64 bits per heavy atom. The van der Waals surface area contributed by atoms with Crippen LogP contribution in [0.2, 0.25) is 0 Å². The minimum atomic E-state index is 0.441. The Hall–Kier alpha value is -3.07. The molecule has 9 nitrogen and oxygen atoms in total. The van der Waals surface area contributed by atoms with E-state index in [9.17, 15) is 0 Å². The van der Waals surface area contributed by atoms with Crippen molar-refractivity contribution in [1.29, 1.82) is 0 Å². The number of methoxy groups -OCH3 is 1. The van der Waals surface area contributed by atoms with Gasteiger partial charge < -0.3 is 25.3 Å². The van der Waals surface area contributed by atoms with E-state index in [1.165, 1.54) is 76.6 Å². The van der Waals surface area contributed by atoms with Gasteiger partial charge in [0.05, 0.1) is 19.1 Å². The number of hydrogen-bond acceptors (Lipinski definition) is 8. The number of nitrogens with one attached hydrogen (secondary N) is 3. The molecule has 4 heterocycles. The molecule has 3 aliphatic rings. The molecule has 1 atom stereocenters. The normalized spacial score (nSPS) is 21.7. The number of hydrogen-bond donors (Lipinski definition) is 3. The Morgan fingerprint density at radius 1 is 0.972 bits per heavy atom. The number of aromatic amines is 1. The molecule has 3 aromatic rings. The molecule has 2 aromatic heterocycles. The summed E-state index contributed by atoms with van der Waals surface area (Å²) in [5, 5.41) is 7.03. The van der Waals surface area contributed by atoms with E-state index in [4.69, 9.17) is 9.72 Å². The van der Waals surface area contributed by atoms with Gasteiger partial charge in [0.2, 0.25) is 5.95 Å². The Kier molecular flexibility index (Phi) is 6.81. The predicted octanol–water partition coefficient (Wildman–Crippen LogP) is 4.91. The van der Waals surface area contributed by atoms with Crippen molar-refractivity contribution in [3.8, 4) is 5.75 Å². The topological polar surface area (TPSA) is 94.2 Å². The van der Waals surface area contributed by atoms with E-state index in [-0.39, 0.29) is 0 Å². The Bertz CT molecular complexity index is 1170. The lowest BCUT2D eigenvalue weighted by atomic mass is 9.95. The molecular weight excluding hydrogens is 452 g/mol. The van der Waals surface area contributed by atoms with Gasteiger partial charge in [0, 0.05) is 36.9 Å². The molecule has 2 saturated heterocycles. The van der Waals surface area contributed by atoms with Gasteiger partial charge in [-0.2, -0.15) is 9.97 Å². The SMILES string of the molecule is COc1cc(N2CCC(N3CCCCC3)C2)ccc1Nc1nc(NC2CCCCC2)c2[nH]cnc2n1. The summed E-state index contributed by atoms with van der Waals surface area (Å²) >= 11 is 0. The van der Waals surface area contributed by atoms with Crippen LogP contribution in [0.5, 0.6) is 5.75 Å². The monoisotopic (exact) mass is 490 g/mol. The first-order chi connectivity index (χ1) is 17.8. The Balaban J connectivity index is 1.19. The van der Waals surface area contributed by atoms with E-state index in [2.05, 4.69) is 53.6 Å². The third-order valence-corrected chi connectivity index (χ3v) is 8.10. The number of nitrogens with zero attached hydrogens (tertiary/aromatic N) is 5. The lowest BCUT2D eigenvalue weighted by Crippen LogP contribution is -2.40. The van der Waals surface area contributed by atoms with Gasteiger partial charge in [0.1, 0.15) is 11.3 Å². The third kappa shape index (κ3) is 4.93. The van der Waals surface area contributed by atoms with Gasteiger partial charge in [-0.15, -0.1) is 0 Å². The highest BCUT2D eigenvalue weighted by molar-refractivity contribution is 5.84. The van der Waals surface area contributed by atoms with Crippen molar-refractivity contribution < 1.29 is 4.74 Å². The zero-order chi connectivity index (χ0) is 24.3. The van der Waals surface area contributed by atoms with E-state index < -0.39 is 0 Å². The summed E-state index contributed by atoms with van der Waals surface area (Å²) in [5.41, 5.74) is 3.57. The summed E-state index contributed by atoms with van der Waals surface area (Å²) in [5.74, 6) is 2.12. The van der Waals surface area contributed by atoms with Crippen molar-refractivity contribution >= 4 is 34.3 Å². The van der Waals surface area contributed by atoms with Crippen LogP contribution in [0.25, 0.3) is 11.2 Å². The molecule has 6 rings (SSSR count). The maximum absolute atomic E-state index is 5.79. The molecule has 192 valence electrons. The van der Waals surface area contributed by atoms with Crippen LogP contribution in [0.1, 0.15) is 57.8 Å². The number of rotatable bonds is 7. The standard InChI is InChI=1S/C27H38N8O/c1-36-23-16-20(35-15-12-21(17-35)34-13-6-3-7-14-34)10-11-22(23)31-27-32-25-24(28-18-29-25)26(33-27)30-19-8-4-2-5-9-19/h10-11,16,18-19,21H,2-9,12-15,17H2,1H3,(H3,28,29,30,31,32,33). The number of aromatic nitrogens is 4. The molecule has 3 N–H and O–H groups in total. The summed E-state index contributed by atoms with van der Waals surface area (Å²) in [6.07, 6.45) is 13.2. The minimum Gasteiger partial charge on any atom is -0.494 e. The lowest BCUT2D eigenvalue weighted by molar-refractivity contribution is 0.175. The zero-order valence-corrected chi connectivity index (χ0v) is 21.3. The fourth-order valence-corrected chi connectivity index (χ4v) is 6.09. The molecule has 9 heteroatoms. The molecular formula is C27H38N8O. The number of piperidine rings is 1. The first-order valence-corrected chi connectivity index (χ1v) is 13.7. The van der Waals surface area contributed by atoms with Gasteiger partial charge in [-0.1, -0.05) is 25.7 Å². The number of likely N-dealkylation sites (tertiary alicyclic amines) is 1. The van der Waals surface area contributed by atoms with Gasteiger partial charge >= 0.3 is 0 Å². The smallest absolute Gasteiger partial charge is 0.231 e. The fraction of sp³-hybridized carbons (Fsp3) is 0.593. The van der Waals surface area contributed by atoms with E-state index in [0.717, 1.165) is 35.9 Å². The molecule has 1 saturated carbocycles. The number of H-pyrrole nitrogens is 1. The van der Waals surface area contributed by atoms with E-state index in [1.807, 2.05) is 0 Å². The van der Waals surface area contributed by atoms with Crippen LogP contribution < -0.4 is 20.3 Å². The summed E-state index contributed by atoms with van der Waals surface area (Å²) in [4.78, 5) is 22.2. The van der Waals surface area contributed by atoms with E-state index >= 15 is 0 Å². The maximum atomic E-state index is 5.79. The number of imidazole rings is 1. The van der Waals surface area contributed by atoms with E-state index in [0.29, 0.717) is 23.7 Å². The predicted molar refractivity (Wildman–Crippen MR) is 144 cm³/mol. The van der Waals surface area contributed by atoms with E-state index in [1.54, 1.807) is 13.4 Å². The van der Waals surface area contributed by atoms with Gasteiger partial charge in [0.25, 0.3) is 0 Å². The molecule has 1 aliphatic carbocycles. The molecule has 1 unspecified atom stereocenters. The van der Waals surface area contributed by atoms with Crippen LogP contribution in [0, 0.1) is 0 Å².